The Labute approximate surface area is 169 Å². The predicted octanol–water partition coefficient (Wildman–Crippen LogP) is 5.33. The zero-order valence-corrected chi connectivity index (χ0v) is 17.5. The Morgan fingerprint density at radius 3 is 2.82 bits per heavy atom. The van der Waals surface area contributed by atoms with E-state index in [0.717, 1.165) is 27.6 Å². The highest BCUT2D eigenvalue weighted by atomic mass is 32.2. The van der Waals surface area contributed by atoms with Crippen molar-refractivity contribution in [2.24, 2.45) is 0 Å². The zero-order chi connectivity index (χ0) is 19.7. The number of rotatable bonds is 6. The molecular weight excluding hydrogens is 370 g/mol. The highest BCUT2D eigenvalue weighted by Gasteiger charge is 2.24. The number of para-hydroxylation sites is 1. The summed E-state index contributed by atoms with van der Waals surface area (Å²) in [5, 5.41) is 5.07. The molecule has 1 fully saturated rings. The van der Waals surface area contributed by atoms with E-state index in [1.165, 1.54) is 43.1 Å². The highest BCUT2D eigenvalue weighted by molar-refractivity contribution is 7.99. The summed E-state index contributed by atoms with van der Waals surface area (Å²) in [7, 11) is 0. The lowest BCUT2D eigenvalue weighted by atomic mass is 10.2. The van der Waals surface area contributed by atoms with E-state index in [0.29, 0.717) is 11.8 Å². The van der Waals surface area contributed by atoms with Gasteiger partial charge < -0.3 is 14.3 Å². The van der Waals surface area contributed by atoms with Crippen molar-refractivity contribution in [2.45, 2.75) is 63.7 Å². The smallest absolute Gasteiger partial charge is 0.231 e. The van der Waals surface area contributed by atoms with Gasteiger partial charge in [0.25, 0.3) is 0 Å². The van der Waals surface area contributed by atoms with Gasteiger partial charge in [0, 0.05) is 17.1 Å². The summed E-state index contributed by atoms with van der Waals surface area (Å²) in [6, 6.07) is 10.2. The summed E-state index contributed by atoms with van der Waals surface area (Å²) in [6.07, 6.45) is 4.97. The maximum atomic E-state index is 12.5. The lowest BCUT2D eigenvalue weighted by molar-refractivity contribution is -0.119. The second-order valence-electron chi connectivity index (χ2n) is 7.64. The summed E-state index contributed by atoms with van der Waals surface area (Å²) < 4.78 is 8.21. The van der Waals surface area contributed by atoms with Gasteiger partial charge in [0.15, 0.2) is 5.16 Å². The number of fused-ring (bicyclic) bond motifs is 1. The number of nitrogens with zero attached hydrogens (tertiary/aromatic N) is 2. The van der Waals surface area contributed by atoms with Crippen molar-refractivity contribution in [3.8, 4) is 0 Å². The molecule has 1 aromatic carbocycles. The number of carbonyl (C=O) groups is 1. The molecule has 0 spiro atoms. The molecule has 1 saturated carbocycles. The second kappa shape index (κ2) is 8.03. The number of hydrogen-bond acceptors (Lipinski definition) is 4. The second-order valence-corrected chi connectivity index (χ2v) is 8.58. The molecule has 4 rings (SSSR count). The molecule has 28 heavy (non-hydrogen) atoms. The molecular formula is C22H27N3O2S. The van der Waals surface area contributed by atoms with E-state index in [4.69, 9.17) is 9.40 Å². The van der Waals surface area contributed by atoms with Gasteiger partial charge in [-0.15, -0.1) is 0 Å². The topological polar surface area (TPSA) is 60.1 Å². The number of thioether (sulfide) groups is 1. The van der Waals surface area contributed by atoms with E-state index >= 15 is 0 Å². The van der Waals surface area contributed by atoms with Gasteiger partial charge in [0.1, 0.15) is 11.3 Å². The molecule has 3 aromatic rings. The number of aromatic nitrogens is 2. The Morgan fingerprint density at radius 2 is 2.07 bits per heavy atom. The predicted molar refractivity (Wildman–Crippen MR) is 113 cm³/mol. The normalized spacial score (nSPS) is 16.0. The van der Waals surface area contributed by atoms with Crippen molar-refractivity contribution in [1.29, 1.82) is 0 Å². The average Bonchev–Trinajstić information content (AvgIpc) is 3.40. The first kappa shape index (κ1) is 19.1. The van der Waals surface area contributed by atoms with E-state index in [1.807, 2.05) is 37.3 Å². The van der Waals surface area contributed by atoms with Crippen molar-refractivity contribution < 1.29 is 9.21 Å². The third-order valence-electron chi connectivity index (χ3n) is 5.63. The quantitative estimate of drug-likeness (QED) is 0.571. The van der Waals surface area contributed by atoms with Gasteiger partial charge in [-0.3, -0.25) is 4.79 Å². The highest BCUT2D eigenvalue weighted by Crippen LogP contribution is 2.35. The first-order valence-electron chi connectivity index (χ1n) is 9.99. The molecule has 0 radical (unpaired) electrons. The van der Waals surface area contributed by atoms with Crippen LogP contribution < -0.4 is 5.32 Å². The summed E-state index contributed by atoms with van der Waals surface area (Å²) in [6.45, 7) is 6.14. The van der Waals surface area contributed by atoms with Crippen molar-refractivity contribution in [1.82, 2.24) is 14.9 Å². The van der Waals surface area contributed by atoms with Gasteiger partial charge in [-0.1, -0.05) is 42.8 Å². The molecule has 1 aliphatic carbocycles. The fourth-order valence-corrected chi connectivity index (χ4v) is 4.96. The molecule has 0 bridgehead atoms. The Kier molecular flexibility index (Phi) is 5.49. The molecule has 2 heterocycles. The first-order chi connectivity index (χ1) is 13.5. The van der Waals surface area contributed by atoms with Crippen LogP contribution in [0.1, 0.15) is 61.8 Å². The monoisotopic (exact) mass is 397 g/mol. The lowest BCUT2D eigenvalue weighted by Crippen LogP contribution is -2.28. The number of amides is 1. The van der Waals surface area contributed by atoms with Crippen LogP contribution in [0.25, 0.3) is 11.0 Å². The molecule has 0 aliphatic heterocycles. The minimum atomic E-state index is -0.168. The molecule has 1 atom stereocenters. The van der Waals surface area contributed by atoms with Crippen LogP contribution in [0.3, 0.4) is 0 Å². The fraction of sp³-hybridized carbons (Fsp3) is 0.455. The lowest BCUT2D eigenvalue weighted by Gasteiger charge is -2.17. The minimum absolute atomic E-state index is 0.00534. The van der Waals surface area contributed by atoms with Crippen LogP contribution in [-0.4, -0.2) is 21.2 Å². The van der Waals surface area contributed by atoms with Gasteiger partial charge in [-0.25, -0.2) is 4.98 Å². The van der Waals surface area contributed by atoms with Gasteiger partial charge in [-0.2, -0.15) is 0 Å². The van der Waals surface area contributed by atoms with Crippen molar-refractivity contribution >= 4 is 28.6 Å². The average molecular weight is 398 g/mol. The summed E-state index contributed by atoms with van der Waals surface area (Å²) in [5.74, 6) is 1.13. The van der Waals surface area contributed by atoms with Crippen LogP contribution in [0.2, 0.25) is 0 Å². The Hall–Kier alpha value is -2.21. The number of furan rings is 1. The molecule has 1 unspecified atom stereocenters. The third-order valence-corrected chi connectivity index (χ3v) is 6.58. The Balaban J connectivity index is 1.40. The molecule has 5 nitrogen and oxygen atoms in total. The SMILES string of the molecule is Cc1nc(SCC(=O)NC(C)c2cc3ccccc3o2)n(C2CCCC2)c1C. The largest absolute Gasteiger partial charge is 0.459 e. The molecule has 2 aromatic heterocycles. The summed E-state index contributed by atoms with van der Waals surface area (Å²) in [5.41, 5.74) is 3.13. The maximum absolute atomic E-state index is 12.5. The van der Waals surface area contributed by atoms with Gasteiger partial charge in [-0.05, 0) is 45.7 Å². The number of aryl methyl sites for hydroxylation is 1. The molecule has 148 valence electrons. The van der Waals surface area contributed by atoms with E-state index < -0.39 is 0 Å². The van der Waals surface area contributed by atoms with Crippen molar-refractivity contribution in [3.63, 3.8) is 0 Å². The van der Waals surface area contributed by atoms with E-state index in [2.05, 4.69) is 23.7 Å². The van der Waals surface area contributed by atoms with Gasteiger partial charge in [0.2, 0.25) is 5.91 Å². The molecule has 1 N–H and O–H groups in total. The van der Waals surface area contributed by atoms with Crippen LogP contribution in [0, 0.1) is 13.8 Å². The summed E-state index contributed by atoms with van der Waals surface area (Å²) >= 11 is 1.53. The standard InChI is InChI=1S/C22H27N3O2S/c1-14-16(3)25(18-9-5-6-10-18)22(24-14)28-13-21(26)23-15(2)20-12-17-8-4-7-11-19(17)27-20/h4,7-8,11-12,15,18H,5-6,9-10,13H2,1-3H3,(H,23,26). The third kappa shape index (κ3) is 3.83. The number of benzene rings is 1. The van der Waals surface area contributed by atoms with Crippen LogP contribution in [-0.2, 0) is 4.79 Å². The van der Waals surface area contributed by atoms with Crippen molar-refractivity contribution in [3.05, 3.63) is 47.5 Å². The number of imidazole rings is 1. The van der Waals surface area contributed by atoms with Crippen LogP contribution in [0.5, 0.6) is 0 Å². The molecule has 6 heteroatoms. The van der Waals surface area contributed by atoms with E-state index in [1.54, 1.807) is 0 Å². The maximum Gasteiger partial charge on any atom is 0.231 e. The van der Waals surface area contributed by atoms with Crippen molar-refractivity contribution in [2.75, 3.05) is 5.75 Å². The van der Waals surface area contributed by atoms with Crippen LogP contribution in [0.4, 0.5) is 0 Å². The number of carbonyl (C=O) groups excluding carboxylic acids is 1. The minimum Gasteiger partial charge on any atom is -0.459 e. The van der Waals surface area contributed by atoms with Crippen LogP contribution >= 0.6 is 11.8 Å². The van der Waals surface area contributed by atoms with Crippen LogP contribution in [0.15, 0.2) is 39.9 Å². The van der Waals surface area contributed by atoms with Gasteiger partial charge in [0.05, 0.1) is 17.5 Å². The zero-order valence-electron chi connectivity index (χ0n) is 16.7. The number of nitrogens with one attached hydrogen (secondary N) is 1. The fourth-order valence-electron chi connectivity index (χ4n) is 3.99. The van der Waals surface area contributed by atoms with E-state index in [9.17, 15) is 4.79 Å². The molecule has 1 aliphatic rings. The molecule has 1 amide bonds. The van der Waals surface area contributed by atoms with Gasteiger partial charge >= 0.3 is 0 Å². The Bertz CT molecular complexity index is 952. The Morgan fingerprint density at radius 1 is 1.32 bits per heavy atom. The summed E-state index contributed by atoms with van der Waals surface area (Å²) in [4.78, 5) is 17.2. The van der Waals surface area contributed by atoms with E-state index in [-0.39, 0.29) is 11.9 Å². The first-order valence-corrected chi connectivity index (χ1v) is 11.0. The molecule has 0 saturated heterocycles. The number of hydrogen-bond donors (Lipinski definition) is 1.